The van der Waals surface area contributed by atoms with E-state index in [0.29, 0.717) is 10.7 Å². The van der Waals surface area contributed by atoms with E-state index in [2.05, 4.69) is 5.10 Å². The second kappa shape index (κ2) is 5.15. The minimum absolute atomic E-state index is 0.129. The lowest BCUT2D eigenvalue weighted by molar-refractivity contribution is 0.685. The zero-order valence-electron chi connectivity index (χ0n) is 11.1. The molecule has 1 heterocycles. The number of hydrogen-bond donors (Lipinski definition) is 1. The Morgan fingerprint density at radius 2 is 2.00 bits per heavy atom. The first-order valence-corrected chi connectivity index (χ1v) is 6.41. The van der Waals surface area contributed by atoms with Crippen LogP contribution in [0.2, 0.25) is 5.02 Å². The predicted octanol–water partition coefficient (Wildman–Crippen LogP) is 2.52. The van der Waals surface area contributed by atoms with E-state index in [1.807, 2.05) is 26.0 Å². The van der Waals surface area contributed by atoms with Crippen LogP contribution in [-0.2, 0) is 0 Å². The van der Waals surface area contributed by atoms with Crippen LogP contribution in [0.3, 0.4) is 0 Å². The van der Waals surface area contributed by atoms with E-state index in [4.69, 9.17) is 17.3 Å². The number of hydrogen-bond acceptors (Lipinski definition) is 3. The zero-order chi connectivity index (χ0) is 14.2. The van der Waals surface area contributed by atoms with Crippen LogP contribution in [0.25, 0.3) is 5.69 Å². The maximum atomic E-state index is 11.8. The Bertz CT molecular complexity index is 677. The lowest BCUT2D eigenvalue weighted by atomic mass is 10.2. The van der Waals surface area contributed by atoms with Gasteiger partial charge >= 0.3 is 0 Å². The van der Waals surface area contributed by atoms with Crippen LogP contribution in [0.15, 0.2) is 29.1 Å². The van der Waals surface area contributed by atoms with Gasteiger partial charge in [-0.2, -0.15) is 5.10 Å². The summed E-state index contributed by atoms with van der Waals surface area (Å²) in [6.07, 6.45) is 0. The SMILES string of the molecule is Cc1cc(Cl)ccc1-n1nc(C(C)N)c(=O)cc1C. The average molecular weight is 278 g/mol. The molecule has 2 rings (SSSR count). The molecule has 0 saturated heterocycles. The summed E-state index contributed by atoms with van der Waals surface area (Å²) in [5, 5.41) is 5.04. The molecular weight excluding hydrogens is 262 g/mol. The summed E-state index contributed by atoms with van der Waals surface area (Å²) in [7, 11) is 0. The summed E-state index contributed by atoms with van der Waals surface area (Å²) in [5.74, 6) is 0. The monoisotopic (exact) mass is 277 g/mol. The van der Waals surface area contributed by atoms with Gasteiger partial charge in [0, 0.05) is 22.8 Å². The Hall–Kier alpha value is -1.65. The molecule has 19 heavy (non-hydrogen) atoms. The first-order chi connectivity index (χ1) is 8.90. The number of halogens is 1. The maximum absolute atomic E-state index is 11.8. The standard InChI is InChI=1S/C14H16ClN3O/c1-8-6-11(15)4-5-12(8)18-9(2)7-13(19)14(17-18)10(3)16/h4-7,10H,16H2,1-3H3. The molecule has 0 bridgehead atoms. The van der Waals surface area contributed by atoms with Gasteiger partial charge in [0.15, 0.2) is 0 Å². The molecule has 100 valence electrons. The van der Waals surface area contributed by atoms with E-state index in [1.165, 1.54) is 0 Å². The number of rotatable bonds is 2. The van der Waals surface area contributed by atoms with E-state index in [1.54, 1.807) is 23.7 Å². The van der Waals surface area contributed by atoms with Crippen molar-refractivity contribution in [3.8, 4) is 5.69 Å². The predicted molar refractivity (Wildman–Crippen MR) is 76.9 cm³/mol. The molecule has 0 radical (unpaired) electrons. The second-order valence-corrected chi connectivity index (χ2v) is 5.10. The average Bonchev–Trinajstić information content (AvgIpc) is 2.30. The van der Waals surface area contributed by atoms with Crippen molar-refractivity contribution in [3.05, 3.63) is 56.5 Å². The molecule has 1 aromatic heterocycles. The minimum Gasteiger partial charge on any atom is -0.323 e. The highest BCUT2D eigenvalue weighted by Crippen LogP contribution is 2.19. The van der Waals surface area contributed by atoms with Gasteiger partial charge in [0.05, 0.1) is 5.69 Å². The van der Waals surface area contributed by atoms with Crippen molar-refractivity contribution in [1.82, 2.24) is 9.78 Å². The molecule has 2 aromatic rings. The van der Waals surface area contributed by atoms with Crippen molar-refractivity contribution in [2.45, 2.75) is 26.8 Å². The number of aryl methyl sites for hydroxylation is 2. The van der Waals surface area contributed by atoms with Gasteiger partial charge in [0.1, 0.15) is 5.69 Å². The third-order valence-electron chi connectivity index (χ3n) is 2.95. The Labute approximate surface area is 116 Å². The fraction of sp³-hybridized carbons (Fsp3) is 0.286. The summed E-state index contributed by atoms with van der Waals surface area (Å²) in [5.41, 5.74) is 8.65. The number of benzene rings is 1. The molecule has 1 aromatic carbocycles. The molecule has 0 aliphatic carbocycles. The third kappa shape index (κ3) is 2.69. The highest BCUT2D eigenvalue weighted by molar-refractivity contribution is 6.30. The summed E-state index contributed by atoms with van der Waals surface area (Å²) in [4.78, 5) is 11.8. The van der Waals surface area contributed by atoms with Crippen molar-refractivity contribution >= 4 is 11.6 Å². The van der Waals surface area contributed by atoms with Crippen molar-refractivity contribution in [1.29, 1.82) is 0 Å². The summed E-state index contributed by atoms with van der Waals surface area (Å²) >= 11 is 5.95. The van der Waals surface area contributed by atoms with E-state index in [9.17, 15) is 4.79 Å². The molecular formula is C14H16ClN3O. The smallest absolute Gasteiger partial charge is 0.205 e. The molecule has 0 aliphatic heterocycles. The Morgan fingerprint density at radius 3 is 2.58 bits per heavy atom. The Balaban J connectivity index is 2.68. The van der Waals surface area contributed by atoms with Crippen LogP contribution in [-0.4, -0.2) is 9.78 Å². The second-order valence-electron chi connectivity index (χ2n) is 4.67. The molecule has 4 nitrogen and oxygen atoms in total. The lowest BCUT2D eigenvalue weighted by Gasteiger charge is -2.14. The summed E-state index contributed by atoms with van der Waals surface area (Å²) in [6.45, 7) is 5.54. The number of nitrogens with zero attached hydrogens (tertiary/aromatic N) is 2. The summed E-state index contributed by atoms with van der Waals surface area (Å²) < 4.78 is 1.73. The van der Waals surface area contributed by atoms with Crippen LogP contribution in [0, 0.1) is 13.8 Å². The molecule has 0 spiro atoms. The largest absolute Gasteiger partial charge is 0.323 e. The highest BCUT2D eigenvalue weighted by Gasteiger charge is 2.12. The van der Waals surface area contributed by atoms with Crippen LogP contribution in [0.5, 0.6) is 0 Å². The van der Waals surface area contributed by atoms with Gasteiger partial charge in [-0.05, 0) is 44.5 Å². The summed E-state index contributed by atoms with van der Waals surface area (Å²) in [6, 6.07) is 6.70. The first kappa shape index (κ1) is 13.8. The van der Waals surface area contributed by atoms with Gasteiger partial charge in [-0.3, -0.25) is 4.79 Å². The van der Waals surface area contributed by atoms with Crippen LogP contribution < -0.4 is 11.2 Å². The quantitative estimate of drug-likeness (QED) is 0.917. The fourth-order valence-corrected chi connectivity index (χ4v) is 2.20. The van der Waals surface area contributed by atoms with Crippen LogP contribution in [0.1, 0.15) is 29.9 Å². The number of aromatic nitrogens is 2. The molecule has 0 aliphatic rings. The van der Waals surface area contributed by atoms with Gasteiger partial charge in [-0.15, -0.1) is 0 Å². The fourth-order valence-electron chi connectivity index (χ4n) is 1.98. The van der Waals surface area contributed by atoms with Gasteiger partial charge < -0.3 is 5.73 Å². The van der Waals surface area contributed by atoms with E-state index in [-0.39, 0.29) is 5.43 Å². The molecule has 1 unspecified atom stereocenters. The van der Waals surface area contributed by atoms with Gasteiger partial charge in [-0.1, -0.05) is 11.6 Å². The van der Waals surface area contributed by atoms with Gasteiger partial charge in [-0.25, -0.2) is 4.68 Å². The molecule has 0 amide bonds. The van der Waals surface area contributed by atoms with Crippen molar-refractivity contribution in [2.24, 2.45) is 5.73 Å². The molecule has 0 saturated carbocycles. The van der Waals surface area contributed by atoms with E-state index in [0.717, 1.165) is 16.9 Å². The van der Waals surface area contributed by atoms with Crippen molar-refractivity contribution in [2.75, 3.05) is 0 Å². The Kier molecular flexibility index (Phi) is 3.73. The van der Waals surface area contributed by atoms with Crippen molar-refractivity contribution < 1.29 is 0 Å². The maximum Gasteiger partial charge on any atom is 0.205 e. The van der Waals surface area contributed by atoms with E-state index < -0.39 is 6.04 Å². The van der Waals surface area contributed by atoms with Gasteiger partial charge in [0.2, 0.25) is 5.43 Å². The van der Waals surface area contributed by atoms with Crippen LogP contribution >= 0.6 is 11.6 Å². The zero-order valence-corrected chi connectivity index (χ0v) is 11.9. The van der Waals surface area contributed by atoms with Gasteiger partial charge in [0.25, 0.3) is 0 Å². The molecule has 1 atom stereocenters. The molecule has 0 fully saturated rings. The van der Waals surface area contributed by atoms with E-state index >= 15 is 0 Å². The molecule has 5 heteroatoms. The highest BCUT2D eigenvalue weighted by atomic mass is 35.5. The topological polar surface area (TPSA) is 60.9 Å². The Morgan fingerprint density at radius 1 is 1.32 bits per heavy atom. The third-order valence-corrected chi connectivity index (χ3v) is 3.19. The minimum atomic E-state index is -0.396. The number of nitrogens with two attached hydrogens (primary N) is 1. The first-order valence-electron chi connectivity index (χ1n) is 6.03. The van der Waals surface area contributed by atoms with Crippen molar-refractivity contribution in [3.63, 3.8) is 0 Å². The molecule has 2 N–H and O–H groups in total. The normalized spacial score (nSPS) is 12.5. The van der Waals surface area contributed by atoms with Crippen LogP contribution in [0.4, 0.5) is 0 Å². The lowest BCUT2D eigenvalue weighted by Crippen LogP contribution is -2.24.